The summed E-state index contributed by atoms with van der Waals surface area (Å²) in [6.07, 6.45) is 26.5. The molecule has 23 heavy (non-hydrogen) atoms. The van der Waals surface area contributed by atoms with Crippen LogP contribution >= 0.6 is 0 Å². The Balaban J connectivity index is 3.96. The molecule has 0 nitrogen and oxygen atoms in total. The lowest BCUT2D eigenvalue weighted by molar-refractivity contribution is 0.698. The van der Waals surface area contributed by atoms with Gasteiger partial charge in [-0.2, -0.15) is 0 Å². The van der Waals surface area contributed by atoms with Gasteiger partial charge in [-0.05, 0) is 37.8 Å². The van der Waals surface area contributed by atoms with Crippen molar-refractivity contribution in [3.05, 3.63) is 24.3 Å². The summed E-state index contributed by atoms with van der Waals surface area (Å²) in [6, 6.07) is 4.41. The van der Waals surface area contributed by atoms with E-state index in [1.807, 2.05) is 0 Å². The van der Waals surface area contributed by atoms with Gasteiger partial charge in [-0.1, -0.05) is 102 Å². The smallest absolute Gasteiger partial charge is 0.0443 e. The Morgan fingerprint density at radius 1 is 0.522 bits per heavy atom. The molecule has 0 heterocycles. The van der Waals surface area contributed by atoms with E-state index in [1.54, 1.807) is 6.04 Å². The molecule has 0 N–H and O–H groups in total. The van der Waals surface area contributed by atoms with Crippen molar-refractivity contribution in [1.82, 2.24) is 0 Å². The highest BCUT2D eigenvalue weighted by molar-refractivity contribution is 6.59. The van der Waals surface area contributed by atoms with Gasteiger partial charge in [0.1, 0.15) is 0 Å². The summed E-state index contributed by atoms with van der Waals surface area (Å²) in [5.41, 5.74) is 0. The average Bonchev–Trinajstić information content (AvgIpc) is 2.57. The van der Waals surface area contributed by atoms with Crippen molar-refractivity contribution in [3.63, 3.8) is 0 Å². The third-order valence-electron chi connectivity index (χ3n) is 4.69. The number of hydrogen-bond donors (Lipinski definition) is 0. The molecule has 0 aliphatic rings. The largest absolute Gasteiger partial charge is 0.0914 e. The maximum atomic E-state index is 2.53. The maximum Gasteiger partial charge on any atom is 0.0443 e. The van der Waals surface area contributed by atoms with Gasteiger partial charge in [-0.15, -0.1) is 0 Å². The third-order valence-corrected chi connectivity index (χ3v) is 7.79. The second-order valence-corrected chi connectivity index (χ2v) is 10.4. The van der Waals surface area contributed by atoms with E-state index in [-0.39, 0.29) is 0 Å². The molecule has 0 aromatic heterocycles. The monoisotopic (exact) mass is 336 g/mol. The van der Waals surface area contributed by atoms with Crippen LogP contribution in [-0.4, -0.2) is 8.80 Å². The highest BCUT2D eigenvalue weighted by atomic mass is 28.3. The molecular weight excluding hydrogens is 292 g/mol. The molecule has 0 aliphatic heterocycles. The van der Waals surface area contributed by atoms with Crippen LogP contribution in [0.25, 0.3) is 0 Å². The van der Waals surface area contributed by atoms with Crippen molar-refractivity contribution < 1.29 is 0 Å². The van der Waals surface area contributed by atoms with E-state index >= 15 is 0 Å². The van der Waals surface area contributed by atoms with E-state index in [9.17, 15) is 0 Å². The quantitative estimate of drug-likeness (QED) is 0.143. The topological polar surface area (TPSA) is 0 Å². The second kappa shape index (κ2) is 19.7. The Bertz CT molecular complexity index is 245. The molecule has 1 heteroatoms. The fraction of sp³-hybridized carbons (Fsp3) is 0.818. The fourth-order valence-corrected chi connectivity index (χ4v) is 5.71. The molecule has 0 radical (unpaired) electrons. The maximum absolute atomic E-state index is 2.53. The SMILES string of the molecule is CCCCCC=CC[SiH](CC=CCCCCC)CCCCCC. The molecule has 0 rings (SSSR count). The lowest BCUT2D eigenvalue weighted by Gasteiger charge is -2.11. The Kier molecular flexibility index (Phi) is 19.5. The Labute approximate surface area is 149 Å². The van der Waals surface area contributed by atoms with E-state index < -0.39 is 8.80 Å². The predicted molar refractivity (Wildman–Crippen MR) is 112 cm³/mol. The normalized spacial score (nSPS) is 13.3. The predicted octanol–water partition coefficient (Wildman–Crippen LogP) is 8.07. The molecule has 0 spiro atoms. The Hall–Kier alpha value is -0.303. The highest BCUT2D eigenvalue weighted by Gasteiger charge is 2.06. The van der Waals surface area contributed by atoms with Gasteiger partial charge in [-0.3, -0.25) is 0 Å². The minimum Gasteiger partial charge on any atom is -0.0914 e. The summed E-state index contributed by atoms with van der Waals surface area (Å²) in [6.45, 7) is 6.89. The molecule has 0 saturated carbocycles. The number of rotatable bonds is 17. The van der Waals surface area contributed by atoms with Crippen molar-refractivity contribution in [2.24, 2.45) is 0 Å². The van der Waals surface area contributed by atoms with Crippen molar-refractivity contribution in [2.45, 2.75) is 116 Å². The van der Waals surface area contributed by atoms with Crippen LogP contribution in [0.15, 0.2) is 24.3 Å². The van der Waals surface area contributed by atoms with Crippen molar-refractivity contribution in [2.75, 3.05) is 0 Å². The zero-order chi connectivity index (χ0) is 17.0. The van der Waals surface area contributed by atoms with Crippen LogP contribution in [0.5, 0.6) is 0 Å². The summed E-state index contributed by atoms with van der Waals surface area (Å²) in [5.74, 6) is 0. The number of allylic oxidation sites excluding steroid dienone is 4. The van der Waals surface area contributed by atoms with Crippen molar-refractivity contribution in [3.8, 4) is 0 Å². The van der Waals surface area contributed by atoms with E-state index in [1.165, 1.54) is 89.1 Å². The van der Waals surface area contributed by atoms with Crippen LogP contribution in [0, 0.1) is 0 Å². The van der Waals surface area contributed by atoms with E-state index in [0.29, 0.717) is 0 Å². The van der Waals surface area contributed by atoms with Crippen molar-refractivity contribution >= 4 is 8.80 Å². The minimum atomic E-state index is -0.568. The summed E-state index contributed by atoms with van der Waals surface area (Å²) >= 11 is 0. The molecule has 0 aromatic rings. The van der Waals surface area contributed by atoms with Gasteiger partial charge in [-0.25, -0.2) is 0 Å². The molecule has 0 atom stereocenters. The molecule has 0 unspecified atom stereocenters. The molecule has 0 aliphatic carbocycles. The standard InChI is InChI=1S/C22H44Si/c1-4-7-10-13-15-18-21-23(20-17-12-9-6-3)22-19-16-14-11-8-5-2/h15-16,18-19,23H,4-14,17,20-22H2,1-3H3. The first kappa shape index (κ1) is 22.7. The number of unbranched alkanes of at least 4 members (excludes halogenated alkanes) is 9. The molecule has 0 aromatic carbocycles. The lowest BCUT2D eigenvalue weighted by Crippen LogP contribution is -2.09. The first-order valence-corrected chi connectivity index (χ1v) is 13.1. The van der Waals surface area contributed by atoms with Crippen molar-refractivity contribution in [1.29, 1.82) is 0 Å². The first-order valence-electron chi connectivity index (χ1n) is 10.6. The van der Waals surface area contributed by atoms with Gasteiger partial charge >= 0.3 is 0 Å². The van der Waals surface area contributed by atoms with Gasteiger partial charge in [0.25, 0.3) is 0 Å². The van der Waals surface area contributed by atoms with Crippen LogP contribution in [-0.2, 0) is 0 Å². The second-order valence-electron chi connectivity index (χ2n) is 7.12. The Morgan fingerprint density at radius 2 is 1.00 bits per heavy atom. The zero-order valence-electron chi connectivity index (χ0n) is 16.5. The molecule has 0 saturated heterocycles. The molecule has 0 bridgehead atoms. The van der Waals surface area contributed by atoms with Crippen LogP contribution in [0.3, 0.4) is 0 Å². The minimum absolute atomic E-state index is 0.568. The van der Waals surface area contributed by atoms with Gasteiger partial charge in [0.2, 0.25) is 0 Å². The third kappa shape index (κ3) is 17.9. The summed E-state index contributed by atoms with van der Waals surface area (Å²) < 4.78 is 0. The van der Waals surface area contributed by atoms with E-state index in [2.05, 4.69) is 45.1 Å². The molecule has 136 valence electrons. The van der Waals surface area contributed by atoms with Crippen LogP contribution in [0.1, 0.15) is 97.8 Å². The van der Waals surface area contributed by atoms with Gasteiger partial charge in [0.15, 0.2) is 0 Å². The van der Waals surface area contributed by atoms with E-state index in [0.717, 1.165) is 0 Å². The van der Waals surface area contributed by atoms with Gasteiger partial charge < -0.3 is 0 Å². The summed E-state index contributed by atoms with van der Waals surface area (Å²) in [4.78, 5) is 0. The molecule has 0 fully saturated rings. The van der Waals surface area contributed by atoms with Crippen LogP contribution in [0.4, 0.5) is 0 Å². The average molecular weight is 337 g/mol. The zero-order valence-corrected chi connectivity index (χ0v) is 17.6. The lowest BCUT2D eigenvalue weighted by atomic mass is 10.2. The fourth-order valence-electron chi connectivity index (χ4n) is 3.03. The van der Waals surface area contributed by atoms with Gasteiger partial charge in [0, 0.05) is 8.80 Å². The number of hydrogen-bond acceptors (Lipinski definition) is 0. The molecular formula is C22H44Si. The molecule has 0 amide bonds. The summed E-state index contributed by atoms with van der Waals surface area (Å²) in [5, 5.41) is 0. The van der Waals surface area contributed by atoms with Crippen LogP contribution < -0.4 is 0 Å². The van der Waals surface area contributed by atoms with Crippen LogP contribution in [0.2, 0.25) is 18.1 Å². The Morgan fingerprint density at radius 3 is 1.48 bits per heavy atom. The summed E-state index contributed by atoms with van der Waals surface area (Å²) in [7, 11) is -0.568. The highest BCUT2D eigenvalue weighted by Crippen LogP contribution is 2.15. The van der Waals surface area contributed by atoms with E-state index in [4.69, 9.17) is 0 Å². The van der Waals surface area contributed by atoms with Gasteiger partial charge in [0.05, 0.1) is 0 Å². The first-order chi connectivity index (χ1) is 11.3.